The lowest BCUT2D eigenvalue weighted by atomic mass is 10.3. The van der Waals surface area contributed by atoms with E-state index < -0.39 is 0 Å². The third kappa shape index (κ3) is 1.19. The molecule has 1 saturated carbocycles. The second-order valence-electron chi connectivity index (χ2n) is 2.49. The van der Waals surface area contributed by atoms with Gasteiger partial charge >= 0.3 is 0 Å². The Kier molecular flexibility index (Phi) is 1.91. The molecule has 3 heteroatoms. The largest absolute Gasteiger partial charge is 0.147 e. The molecule has 0 spiro atoms. The summed E-state index contributed by atoms with van der Waals surface area (Å²) < 4.78 is 1.28. The summed E-state index contributed by atoms with van der Waals surface area (Å²) in [6.45, 7) is 0. The van der Waals surface area contributed by atoms with Gasteiger partial charge in [0.1, 0.15) is 0 Å². The number of hydrogen-bond acceptors (Lipinski definition) is 1. The lowest BCUT2D eigenvalue weighted by Gasteiger charge is -1.90. The van der Waals surface area contributed by atoms with Crippen molar-refractivity contribution < 1.29 is 0 Å². The SMILES string of the molecule is Brc1ccsc1[C@@H]1C[C@H]1Br. The summed E-state index contributed by atoms with van der Waals surface area (Å²) in [6, 6.07) is 2.12. The molecule has 1 aliphatic rings. The molecular weight excluding hydrogens is 276 g/mol. The molecule has 0 aromatic carbocycles. The Labute approximate surface area is 80.9 Å². The average Bonchev–Trinajstić information content (AvgIpc) is 2.42. The second-order valence-corrected chi connectivity index (χ2v) is 5.47. The minimum Gasteiger partial charge on any atom is -0.147 e. The summed E-state index contributed by atoms with van der Waals surface area (Å²) >= 11 is 8.96. The molecule has 0 saturated heterocycles. The predicted octanol–water partition coefficient (Wildman–Crippen LogP) is 3.76. The maximum Gasteiger partial charge on any atom is 0.0317 e. The van der Waals surface area contributed by atoms with E-state index in [-0.39, 0.29) is 0 Å². The van der Waals surface area contributed by atoms with E-state index in [2.05, 4.69) is 43.3 Å². The summed E-state index contributed by atoms with van der Waals surface area (Å²) in [4.78, 5) is 2.24. The first-order valence-electron chi connectivity index (χ1n) is 3.16. The summed E-state index contributed by atoms with van der Waals surface area (Å²) in [7, 11) is 0. The van der Waals surface area contributed by atoms with E-state index in [0.29, 0.717) is 0 Å². The van der Waals surface area contributed by atoms with Crippen LogP contribution in [-0.2, 0) is 0 Å². The van der Waals surface area contributed by atoms with E-state index >= 15 is 0 Å². The van der Waals surface area contributed by atoms with Gasteiger partial charge < -0.3 is 0 Å². The fraction of sp³-hybridized carbons (Fsp3) is 0.429. The van der Waals surface area contributed by atoms with Crippen LogP contribution in [0.5, 0.6) is 0 Å². The summed E-state index contributed by atoms with van der Waals surface area (Å²) in [5.74, 6) is 0.786. The maximum atomic E-state index is 3.59. The Bertz CT molecular complexity index is 244. The molecular formula is C7H6Br2S. The van der Waals surface area contributed by atoms with Crippen LogP contribution in [0, 0.1) is 0 Å². The third-order valence-corrected chi connectivity index (χ3v) is 4.71. The van der Waals surface area contributed by atoms with Crippen molar-refractivity contribution in [3.63, 3.8) is 0 Å². The van der Waals surface area contributed by atoms with Crippen LogP contribution in [0.3, 0.4) is 0 Å². The molecule has 0 nitrogen and oxygen atoms in total. The highest BCUT2D eigenvalue weighted by atomic mass is 79.9. The van der Waals surface area contributed by atoms with Crippen LogP contribution in [0.1, 0.15) is 17.2 Å². The number of thiophene rings is 1. The van der Waals surface area contributed by atoms with Crippen molar-refractivity contribution in [1.29, 1.82) is 0 Å². The molecule has 0 N–H and O–H groups in total. The van der Waals surface area contributed by atoms with Gasteiger partial charge in [0.15, 0.2) is 0 Å². The number of hydrogen-bond donors (Lipinski definition) is 0. The molecule has 1 heterocycles. The maximum absolute atomic E-state index is 3.59. The Morgan fingerprint density at radius 3 is 2.70 bits per heavy atom. The molecule has 2 atom stereocenters. The minimum atomic E-state index is 0.738. The highest BCUT2D eigenvalue weighted by Gasteiger charge is 2.37. The van der Waals surface area contributed by atoms with Gasteiger partial charge in [-0.2, -0.15) is 0 Å². The van der Waals surface area contributed by atoms with Gasteiger partial charge in [-0.15, -0.1) is 11.3 Å². The van der Waals surface area contributed by atoms with Crippen molar-refractivity contribution in [3.8, 4) is 0 Å². The van der Waals surface area contributed by atoms with E-state index in [1.54, 1.807) is 0 Å². The molecule has 2 rings (SSSR count). The molecule has 1 aromatic rings. The van der Waals surface area contributed by atoms with Gasteiger partial charge in [-0.25, -0.2) is 0 Å². The highest BCUT2D eigenvalue weighted by molar-refractivity contribution is 9.10. The van der Waals surface area contributed by atoms with Crippen LogP contribution in [0.2, 0.25) is 0 Å². The van der Waals surface area contributed by atoms with Crippen LogP contribution in [0.15, 0.2) is 15.9 Å². The highest BCUT2D eigenvalue weighted by Crippen LogP contribution is 2.50. The number of alkyl halides is 1. The van der Waals surface area contributed by atoms with Crippen LogP contribution < -0.4 is 0 Å². The van der Waals surface area contributed by atoms with Crippen molar-refractivity contribution >= 4 is 43.2 Å². The molecule has 0 unspecified atom stereocenters. The zero-order valence-corrected chi connectivity index (χ0v) is 9.17. The molecule has 10 heavy (non-hydrogen) atoms. The average molecular weight is 282 g/mol. The van der Waals surface area contributed by atoms with Crippen LogP contribution in [0.25, 0.3) is 0 Å². The molecule has 0 radical (unpaired) electrons. The summed E-state index contributed by atoms with van der Waals surface area (Å²) in [5.41, 5.74) is 0. The van der Waals surface area contributed by atoms with Crippen LogP contribution >= 0.6 is 43.2 Å². The van der Waals surface area contributed by atoms with Gasteiger partial charge in [-0.1, -0.05) is 15.9 Å². The first kappa shape index (κ1) is 7.32. The molecule has 54 valence electrons. The summed E-state index contributed by atoms with van der Waals surface area (Å²) in [6.07, 6.45) is 1.30. The van der Waals surface area contributed by atoms with Crippen molar-refractivity contribution in [3.05, 3.63) is 20.8 Å². The van der Waals surface area contributed by atoms with Gasteiger partial charge in [0.05, 0.1) is 0 Å². The topological polar surface area (TPSA) is 0 Å². The van der Waals surface area contributed by atoms with Crippen molar-refractivity contribution in [1.82, 2.24) is 0 Å². The molecule has 1 aliphatic carbocycles. The standard InChI is InChI=1S/C7H6Br2S/c8-5-1-2-10-7(5)4-3-6(4)9/h1-2,4,6H,3H2/t4-,6-/m1/s1. The van der Waals surface area contributed by atoms with Gasteiger partial charge in [-0.05, 0) is 33.8 Å². The monoisotopic (exact) mass is 280 g/mol. The molecule has 0 aliphatic heterocycles. The van der Waals surface area contributed by atoms with Gasteiger partial charge in [0.25, 0.3) is 0 Å². The van der Waals surface area contributed by atoms with Crippen LogP contribution in [0.4, 0.5) is 0 Å². The number of halogens is 2. The van der Waals surface area contributed by atoms with Crippen molar-refractivity contribution in [2.24, 2.45) is 0 Å². The first-order chi connectivity index (χ1) is 4.79. The predicted molar refractivity (Wildman–Crippen MR) is 52.1 cm³/mol. The Morgan fingerprint density at radius 2 is 2.30 bits per heavy atom. The van der Waals surface area contributed by atoms with E-state index in [0.717, 1.165) is 10.7 Å². The minimum absolute atomic E-state index is 0.738. The molecule has 1 fully saturated rings. The van der Waals surface area contributed by atoms with Crippen LogP contribution in [-0.4, -0.2) is 4.83 Å². The molecule has 0 bridgehead atoms. The fourth-order valence-electron chi connectivity index (χ4n) is 1.01. The van der Waals surface area contributed by atoms with Gasteiger partial charge in [0, 0.05) is 20.1 Å². The lowest BCUT2D eigenvalue weighted by Crippen LogP contribution is -1.74. The second kappa shape index (κ2) is 2.61. The summed E-state index contributed by atoms with van der Waals surface area (Å²) in [5, 5.41) is 2.14. The van der Waals surface area contributed by atoms with E-state index in [4.69, 9.17) is 0 Å². The van der Waals surface area contributed by atoms with Gasteiger partial charge in [-0.3, -0.25) is 0 Å². The number of rotatable bonds is 1. The van der Waals surface area contributed by atoms with E-state index in [1.165, 1.54) is 15.8 Å². The third-order valence-electron chi connectivity index (χ3n) is 1.69. The van der Waals surface area contributed by atoms with E-state index in [9.17, 15) is 0 Å². The smallest absolute Gasteiger partial charge is 0.0317 e. The Balaban J connectivity index is 2.26. The Morgan fingerprint density at radius 1 is 1.60 bits per heavy atom. The van der Waals surface area contributed by atoms with Gasteiger partial charge in [0.2, 0.25) is 0 Å². The van der Waals surface area contributed by atoms with E-state index in [1.807, 2.05) is 11.3 Å². The zero-order chi connectivity index (χ0) is 7.14. The Hall–Kier alpha value is 0.660. The quantitative estimate of drug-likeness (QED) is 0.688. The van der Waals surface area contributed by atoms with Crippen molar-refractivity contribution in [2.45, 2.75) is 17.2 Å². The fourth-order valence-corrected chi connectivity index (χ4v) is 3.70. The molecule has 1 aromatic heterocycles. The van der Waals surface area contributed by atoms with Crippen molar-refractivity contribution in [2.75, 3.05) is 0 Å². The first-order valence-corrected chi connectivity index (χ1v) is 5.75. The normalized spacial score (nSPS) is 30.6. The zero-order valence-electron chi connectivity index (χ0n) is 5.18. The molecule has 0 amide bonds. The lowest BCUT2D eigenvalue weighted by molar-refractivity contribution is 1.18.